The molecule has 100 valence electrons. The summed E-state index contributed by atoms with van der Waals surface area (Å²) in [6.07, 6.45) is 0. The van der Waals surface area contributed by atoms with E-state index in [1.165, 1.54) is 0 Å². The van der Waals surface area contributed by atoms with Gasteiger partial charge in [-0.15, -0.1) is 0 Å². The lowest BCUT2D eigenvalue weighted by Crippen LogP contribution is -2.48. The summed E-state index contributed by atoms with van der Waals surface area (Å²) in [7, 11) is 0. The quantitative estimate of drug-likeness (QED) is 0.894. The van der Waals surface area contributed by atoms with Gasteiger partial charge in [0.2, 0.25) is 5.91 Å². The van der Waals surface area contributed by atoms with E-state index >= 15 is 0 Å². The molecule has 0 spiro atoms. The molecule has 5 nitrogen and oxygen atoms in total. The third kappa shape index (κ3) is 2.44. The maximum Gasteiger partial charge on any atom is 0.247 e. The largest absolute Gasteiger partial charge is 0.338 e. The van der Waals surface area contributed by atoms with Gasteiger partial charge < -0.3 is 10.2 Å². The molecule has 1 saturated heterocycles. The average Bonchev–Trinajstić information content (AvgIpc) is 2.66. The molecule has 0 bridgehead atoms. The van der Waals surface area contributed by atoms with E-state index in [-0.39, 0.29) is 11.9 Å². The van der Waals surface area contributed by atoms with Crippen molar-refractivity contribution in [1.29, 1.82) is 0 Å². The van der Waals surface area contributed by atoms with Crippen LogP contribution in [0.1, 0.15) is 24.4 Å². The zero-order valence-electron chi connectivity index (χ0n) is 11.0. The van der Waals surface area contributed by atoms with E-state index in [2.05, 4.69) is 26.3 Å². The van der Waals surface area contributed by atoms with Gasteiger partial charge in [0, 0.05) is 26.2 Å². The highest BCUT2D eigenvalue weighted by molar-refractivity contribution is 9.10. The van der Waals surface area contributed by atoms with Gasteiger partial charge in [-0.2, -0.15) is 5.10 Å². The fraction of sp³-hybridized carbons (Fsp3) is 0.667. The Morgan fingerprint density at radius 2 is 2.00 bits per heavy atom. The second-order valence-electron chi connectivity index (χ2n) is 4.68. The molecule has 1 aliphatic heterocycles. The molecule has 1 aromatic rings. The van der Waals surface area contributed by atoms with Crippen LogP contribution in [0.15, 0.2) is 4.47 Å². The van der Waals surface area contributed by atoms with Crippen molar-refractivity contribution in [2.24, 2.45) is 0 Å². The molecule has 2 heterocycles. The van der Waals surface area contributed by atoms with Crippen molar-refractivity contribution in [3.63, 3.8) is 0 Å². The molecular weight excluding hydrogens is 296 g/mol. The van der Waals surface area contributed by atoms with E-state index in [4.69, 9.17) is 0 Å². The highest BCUT2D eigenvalue weighted by atomic mass is 79.9. The third-order valence-electron chi connectivity index (χ3n) is 3.39. The number of carbonyl (C=O) groups excluding carboxylic acids is 1. The van der Waals surface area contributed by atoms with Crippen LogP contribution < -0.4 is 5.32 Å². The predicted octanol–water partition coefficient (Wildman–Crippen LogP) is 1.26. The number of hydrogen-bond donors (Lipinski definition) is 1. The minimum Gasteiger partial charge on any atom is -0.338 e. The van der Waals surface area contributed by atoms with Crippen LogP contribution in [0.2, 0.25) is 0 Å². The molecule has 1 atom stereocenters. The summed E-state index contributed by atoms with van der Waals surface area (Å²) in [4.78, 5) is 14.3. The smallest absolute Gasteiger partial charge is 0.247 e. The molecule has 1 N–H and O–H groups in total. The van der Waals surface area contributed by atoms with Crippen molar-refractivity contribution < 1.29 is 4.79 Å². The number of nitrogens with one attached hydrogen (secondary N) is 1. The standard InChI is InChI=1S/C12H19BrN4O/c1-8-11(13)9(2)17(15-8)10(3)12(18)16-6-4-14-5-7-16/h10,14H,4-7H2,1-3H3. The number of amides is 1. The van der Waals surface area contributed by atoms with Crippen LogP contribution in [-0.2, 0) is 4.79 Å². The molecule has 1 aliphatic rings. The summed E-state index contributed by atoms with van der Waals surface area (Å²) in [6, 6.07) is -0.243. The van der Waals surface area contributed by atoms with Gasteiger partial charge in [0.15, 0.2) is 0 Å². The molecule has 0 radical (unpaired) electrons. The summed E-state index contributed by atoms with van der Waals surface area (Å²) in [5.41, 5.74) is 1.93. The van der Waals surface area contributed by atoms with Crippen LogP contribution in [0.5, 0.6) is 0 Å². The molecule has 0 saturated carbocycles. The number of carbonyl (C=O) groups is 1. The van der Waals surface area contributed by atoms with Crippen molar-refractivity contribution in [2.45, 2.75) is 26.8 Å². The maximum absolute atomic E-state index is 12.4. The summed E-state index contributed by atoms with van der Waals surface area (Å²) >= 11 is 3.50. The Morgan fingerprint density at radius 1 is 1.39 bits per heavy atom. The van der Waals surface area contributed by atoms with E-state index in [1.54, 1.807) is 0 Å². The van der Waals surface area contributed by atoms with E-state index < -0.39 is 0 Å². The van der Waals surface area contributed by atoms with Gasteiger partial charge in [-0.1, -0.05) is 0 Å². The number of hydrogen-bond acceptors (Lipinski definition) is 3. The van der Waals surface area contributed by atoms with Crippen molar-refractivity contribution in [2.75, 3.05) is 26.2 Å². The Kier molecular flexibility index (Phi) is 4.07. The molecular formula is C12H19BrN4O. The molecule has 1 amide bonds. The van der Waals surface area contributed by atoms with Crippen molar-refractivity contribution in [1.82, 2.24) is 20.0 Å². The van der Waals surface area contributed by atoms with E-state index in [9.17, 15) is 4.79 Å². The van der Waals surface area contributed by atoms with Crippen molar-refractivity contribution in [3.8, 4) is 0 Å². The molecule has 1 unspecified atom stereocenters. The maximum atomic E-state index is 12.4. The van der Waals surface area contributed by atoms with Crippen molar-refractivity contribution in [3.05, 3.63) is 15.9 Å². The first-order valence-electron chi connectivity index (χ1n) is 6.23. The molecule has 18 heavy (non-hydrogen) atoms. The van der Waals surface area contributed by atoms with Crippen LogP contribution >= 0.6 is 15.9 Å². The zero-order valence-corrected chi connectivity index (χ0v) is 12.6. The Morgan fingerprint density at radius 3 is 2.50 bits per heavy atom. The summed E-state index contributed by atoms with van der Waals surface area (Å²) in [5.74, 6) is 0.148. The van der Waals surface area contributed by atoms with Gasteiger partial charge in [0.05, 0.1) is 15.9 Å². The third-order valence-corrected chi connectivity index (χ3v) is 4.54. The highest BCUT2D eigenvalue weighted by Gasteiger charge is 2.25. The number of aryl methyl sites for hydroxylation is 1. The molecule has 0 aromatic carbocycles. The van der Waals surface area contributed by atoms with Crippen molar-refractivity contribution >= 4 is 21.8 Å². The normalized spacial score (nSPS) is 17.9. The van der Waals surface area contributed by atoms with Gasteiger partial charge in [-0.25, -0.2) is 0 Å². The Balaban J connectivity index is 2.17. The second kappa shape index (κ2) is 5.40. The Labute approximate surface area is 116 Å². The summed E-state index contributed by atoms with van der Waals surface area (Å²) in [6.45, 7) is 9.14. The van der Waals surface area contributed by atoms with Crippen LogP contribution in [0.25, 0.3) is 0 Å². The fourth-order valence-electron chi connectivity index (χ4n) is 2.27. The molecule has 6 heteroatoms. The predicted molar refractivity (Wildman–Crippen MR) is 73.6 cm³/mol. The van der Waals surface area contributed by atoms with Crippen LogP contribution in [0.3, 0.4) is 0 Å². The second-order valence-corrected chi connectivity index (χ2v) is 5.47. The van der Waals surface area contributed by atoms with Gasteiger partial charge in [0.25, 0.3) is 0 Å². The van der Waals surface area contributed by atoms with E-state index in [0.717, 1.165) is 42.0 Å². The summed E-state index contributed by atoms with van der Waals surface area (Å²) < 4.78 is 2.80. The lowest BCUT2D eigenvalue weighted by atomic mass is 10.2. The van der Waals surface area contributed by atoms with Crippen LogP contribution in [-0.4, -0.2) is 46.8 Å². The first-order chi connectivity index (χ1) is 8.52. The molecule has 2 rings (SSSR count). The number of nitrogens with zero attached hydrogens (tertiary/aromatic N) is 3. The highest BCUT2D eigenvalue weighted by Crippen LogP contribution is 2.23. The van der Waals surface area contributed by atoms with E-state index in [0.29, 0.717) is 0 Å². The first kappa shape index (κ1) is 13.5. The first-order valence-corrected chi connectivity index (χ1v) is 7.02. The molecule has 1 aromatic heterocycles. The zero-order chi connectivity index (χ0) is 13.3. The molecule has 1 fully saturated rings. The van der Waals surface area contributed by atoms with Gasteiger partial charge in [-0.3, -0.25) is 9.48 Å². The SMILES string of the molecule is Cc1nn(C(C)C(=O)N2CCNCC2)c(C)c1Br. The minimum absolute atomic E-state index is 0.148. The topological polar surface area (TPSA) is 50.2 Å². The van der Waals surface area contributed by atoms with Gasteiger partial charge in [-0.05, 0) is 36.7 Å². The number of halogens is 1. The van der Waals surface area contributed by atoms with Crippen LogP contribution in [0, 0.1) is 13.8 Å². The minimum atomic E-state index is -0.243. The summed E-state index contributed by atoms with van der Waals surface area (Å²) in [5, 5.41) is 7.68. The Hall–Kier alpha value is -0.880. The van der Waals surface area contributed by atoms with Gasteiger partial charge in [0.1, 0.15) is 6.04 Å². The monoisotopic (exact) mass is 314 g/mol. The number of aromatic nitrogens is 2. The van der Waals surface area contributed by atoms with Gasteiger partial charge >= 0.3 is 0 Å². The van der Waals surface area contributed by atoms with Crippen LogP contribution in [0.4, 0.5) is 0 Å². The van der Waals surface area contributed by atoms with E-state index in [1.807, 2.05) is 30.4 Å². The number of piperazine rings is 1. The Bertz CT molecular complexity index is 451. The lowest BCUT2D eigenvalue weighted by molar-refractivity contribution is -0.135. The lowest BCUT2D eigenvalue weighted by Gasteiger charge is -2.30. The fourth-order valence-corrected chi connectivity index (χ4v) is 2.53. The average molecular weight is 315 g/mol. The molecule has 0 aliphatic carbocycles. The number of rotatable bonds is 2.